The largest absolute Gasteiger partial charge is 0.459 e. The van der Waals surface area contributed by atoms with Crippen LogP contribution in [0, 0.1) is 0 Å². The first-order valence-electron chi connectivity index (χ1n) is 7.53. The molecule has 0 fully saturated rings. The molecule has 0 radical (unpaired) electrons. The number of aliphatic hydroxyl groups is 1. The zero-order chi connectivity index (χ0) is 17.5. The van der Waals surface area contributed by atoms with Crippen LogP contribution in [0.2, 0.25) is 0 Å². The second-order valence-corrected chi connectivity index (χ2v) is 6.36. The van der Waals surface area contributed by atoms with Gasteiger partial charge < -0.3 is 20.3 Å². The third-order valence-electron chi connectivity index (χ3n) is 3.07. The quantitative estimate of drug-likeness (QED) is 0.583. The standard InChI is InChI=1S/C17H25NO5/c1-16(2,3)23-15(21)17(18,10-7-11-19)14(20)22-12-13-8-5-4-6-9-13/h4-6,8-9,19H,7,10-12,18H2,1-3H3. The summed E-state index contributed by atoms with van der Waals surface area (Å²) in [5, 5.41) is 8.97. The zero-order valence-corrected chi connectivity index (χ0v) is 13.9. The summed E-state index contributed by atoms with van der Waals surface area (Å²) in [6.45, 7) is 4.89. The highest BCUT2D eigenvalue weighted by molar-refractivity contribution is 6.04. The Hall–Kier alpha value is -1.92. The third-order valence-corrected chi connectivity index (χ3v) is 3.07. The van der Waals surface area contributed by atoms with Crippen molar-refractivity contribution >= 4 is 11.9 Å². The van der Waals surface area contributed by atoms with Gasteiger partial charge in [0, 0.05) is 6.61 Å². The Kier molecular flexibility index (Phi) is 6.72. The van der Waals surface area contributed by atoms with E-state index in [0.29, 0.717) is 0 Å². The highest BCUT2D eigenvalue weighted by Crippen LogP contribution is 2.19. The molecule has 0 aliphatic heterocycles. The zero-order valence-electron chi connectivity index (χ0n) is 13.9. The topological polar surface area (TPSA) is 98.9 Å². The second-order valence-electron chi connectivity index (χ2n) is 6.36. The molecule has 1 aromatic carbocycles. The van der Waals surface area contributed by atoms with Gasteiger partial charge in [-0.3, -0.25) is 0 Å². The monoisotopic (exact) mass is 323 g/mol. The number of aliphatic hydroxyl groups excluding tert-OH is 1. The summed E-state index contributed by atoms with van der Waals surface area (Å²) in [6.07, 6.45) is 0.141. The molecule has 6 heteroatoms. The summed E-state index contributed by atoms with van der Waals surface area (Å²) < 4.78 is 10.4. The van der Waals surface area contributed by atoms with Crippen LogP contribution in [0.3, 0.4) is 0 Å². The van der Waals surface area contributed by atoms with Crippen molar-refractivity contribution in [1.82, 2.24) is 0 Å². The molecular formula is C17H25NO5. The molecule has 0 amide bonds. The molecule has 0 aliphatic rings. The normalized spacial score (nSPS) is 14.0. The van der Waals surface area contributed by atoms with E-state index in [1.54, 1.807) is 32.9 Å². The van der Waals surface area contributed by atoms with Crippen molar-refractivity contribution in [3.8, 4) is 0 Å². The number of hydrogen-bond donors (Lipinski definition) is 2. The van der Waals surface area contributed by atoms with E-state index in [4.69, 9.17) is 20.3 Å². The van der Waals surface area contributed by atoms with Crippen LogP contribution in [-0.4, -0.2) is 34.8 Å². The molecule has 0 saturated carbocycles. The van der Waals surface area contributed by atoms with Crippen molar-refractivity contribution in [2.45, 2.75) is 51.4 Å². The minimum absolute atomic E-state index is 0.0144. The maximum Gasteiger partial charge on any atom is 0.338 e. The number of benzene rings is 1. The van der Waals surface area contributed by atoms with Crippen molar-refractivity contribution < 1.29 is 24.2 Å². The van der Waals surface area contributed by atoms with Gasteiger partial charge in [0.1, 0.15) is 12.2 Å². The van der Waals surface area contributed by atoms with Crippen molar-refractivity contribution in [2.24, 2.45) is 5.73 Å². The van der Waals surface area contributed by atoms with Crippen LogP contribution in [0.15, 0.2) is 30.3 Å². The highest BCUT2D eigenvalue weighted by Gasteiger charge is 2.46. The van der Waals surface area contributed by atoms with Gasteiger partial charge in [-0.15, -0.1) is 0 Å². The van der Waals surface area contributed by atoms with Crippen LogP contribution in [0.5, 0.6) is 0 Å². The molecule has 1 unspecified atom stereocenters. The second kappa shape index (κ2) is 8.08. The van der Waals surface area contributed by atoms with Gasteiger partial charge in [-0.25, -0.2) is 9.59 Å². The van der Waals surface area contributed by atoms with Crippen molar-refractivity contribution in [3.05, 3.63) is 35.9 Å². The van der Waals surface area contributed by atoms with Crippen LogP contribution in [0.1, 0.15) is 39.2 Å². The Bertz CT molecular complexity index is 524. The average Bonchev–Trinajstić information content (AvgIpc) is 2.49. The molecule has 6 nitrogen and oxygen atoms in total. The van der Waals surface area contributed by atoms with Gasteiger partial charge in [0.25, 0.3) is 0 Å². The Balaban J connectivity index is 2.82. The molecule has 0 saturated heterocycles. The molecule has 1 aromatic rings. The van der Waals surface area contributed by atoms with Gasteiger partial charge >= 0.3 is 11.9 Å². The Morgan fingerprint density at radius 2 is 1.74 bits per heavy atom. The molecule has 0 heterocycles. The molecule has 3 N–H and O–H groups in total. The molecule has 1 atom stereocenters. The van der Waals surface area contributed by atoms with Gasteiger partial charge in [-0.1, -0.05) is 30.3 Å². The predicted molar refractivity (Wildman–Crippen MR) is 85.3 cm³/mol. The van der Waals surface area contributed by atoms with E-state index in [0.717, 1.165) is 5.56 Å². The average molecular weight is 323 g/mol. The minimum atomic E-state index is -1.93. The SMILES string of the molecule is CC(C)(C)OC(=O)C(N)(CCCO)C(=O)OCc1ccccc1. The third kappa shape index (κ3) is 6.00. The molecule has 128 valence electrons. The smallest absolute Gasteiger partial charge is 0.338 e. The van der Waals surface area contributed by atoms with Crippen molar-refractivity contribution in [1.29, 1.82) is 0 Å². The van der Waals surface area contributed by atoms with Crippen LogP contribution < -0.4 is 5.73 Å². The van der Waals surface area contributed by atoms with Gasteiger partial charge in [-0.2, -0.15) is 0 Å². The molecule has 23 heavy (non-hydrogen) atoms. The van der Waals surface area contributed by atoms with E-state index < -0.39 is 23.1 Å². The van der Waals surface area contributed by atoms with Gasteiger partial charge in [0.05, 0.1) is 0 Å². The van der Waals surface area contributed by atoms with Crippen LogP contribution in [0.25, 0.3) is 0 Å². The lowest BCUT2D eigenvalue weighted by molar-refractivity contribution is -0.172. The van der Waals surface area contributed by atoms with Crippen LogP contribution in [-0.2, 0) is 25.7 Å². The summed E-state index contributed by atoms with van der Waals surface area (Å²) >= 11 is 0. The van der Waals surface area contributed by atoms with E-state index >= 15 is 0 Å². The fraction of sp³-hybridized carbons (Fsp3) is 0.529. The van der Waals surface area contributed by atoms with E-state index in [1.807, 2.05) is 18.2 Å². The van der Waals surface area contributed by atoms with Crippen molar-refractivity contribution in [2.75, 3.05) is 6.61 Å². The molecule has 0 aliphatic carbocycles. The first kappa shape index (κ1) is 19.1. The lowest BCUT2D eigenvalue weighted by Crippen LogP contribution is -2.58. The molecule has 0 bridgehead atoms. The first-order valence-corrected chi connectivity index (χ1v) is 7.53. The number of rotatable bonds is 7. The predicted octanol–water partition coefficient (Wildman–Crippen LogP) is 1.54. The molecule has 0 aromatic heterocycles. The van der Waals surface area contributed by atoms with Gasteiger partial charge in [0.2, 0.25) is 5.54 Å². The molecule has 0 spiro atoms. The number of hydrogen-bond acceptors (Lipinski definition) is 6. The summed E-state index contributed by atoms with van der Waals surface area (Å²) in [4.78, 5) is 24.7. The van der Waals surface area contributed by atoms with E-state index in [1.165, 1.54) is 0 Å². The summed E-state index contributed by atoms with van der Waals surface area (Å²) in [6, 6.07) is 9.08. The van der Waals surface area contributed by atoms with Gasteiger partial charge in [-0.05, 0) is 39.2 Å². The molecular weight excluding hydrogens is 298 g/mol. The maximum atomic E-state index is 12.3. The van der Waals surface area contributed by atoms with Crippen LogP contribution in [0.4, 0.5) is 0 Å². The number of esters is 2. The van der Waals surface area contributed by atoms with Gasteiger partial charge in [0.15, 0.2) is 0 Å². The number of ether oxygens (including phenoxy) is 2. The van der Waals surface area contributed by atoms with E-state index in [9.17, 15) is 9.59 Å². The maximum absolute atomic E-state index is 12.3. The fourth-order valence-electron chi connectivity index (χ4n) is 1.87. The van der Waals surface area contributed by atoms with Crippen molar-refractivity contribution in [3.63, 3.8) is 0 Å². The number of nitrogens with two attached hydrogens (primary N) is 1. The number of carbonyl (C=O) groups is 2. The Morgan fingerprint density at radius 3 is 2.26 bits per heavy atom. The minimum Gasteiger partial charge on any atom is -0.459 e. The fourth-order valence-corrected chi connectivity index (χ4v) is 1.87. The van der Waals surface area contributed by atoms with E-state index in [2.05, 4.69) is 0 Å². The molecule has 1 rings (SSSR count). The lowest BCUT2D eigenvalue weighted by Gasteiger charge is -2.29. The Labute approximate surface area is 136 Å². The van der Waals surface area contributed by atoms with Crippen LogP contribution >= 0.6 is 0 Å². The first-order chi connectivity index (χ1) is 10.7. The number of carbonyl (C=O) groups excluding carboxylic acids is 2. The van der Waals surface area contributed by atoms with E-state index in [-0.39, 0.29) is 26.1 Å². The summed E-state index contributed by atoms with van der Waals surface area (Å²) in [5.41, 5.74) is 4.07. The lowest BCUT2D eigenvalue weighted by atomic mass is 9.94. The summed E-state index contributed by atoms with van der Waals surface area (Å²) in [5.74, 6) is -1.71. The Morgan fingerprint density at radius 1 is 1.13 bits per heavy atom. The highest BCUT2D eigenvalue weighted by atomic mass is 16.6. The summed E-state index contributed by atoms with van der Waals surface area (Å²) in [7, 11) is 0.